The highest BCUT2D eigenvalue weighted by Gasteiger charge is 2.20. The van der Waals surface area contributed by atoms with Gasteiger partial charge >= 0.3 is 10.1 Å². The van der Waals surface area contributed by atoms with E-state index in [2.05, 4.69) is 0 Å². The average Bonchev–Trinajstić information content (AvgIpc) is 2.44. The van der Waals surface area contributed by atoms with Crippen LogP contribution >= 0.6 is 0 Å². The third kappa shape index (κ3) is 3.16. The standard InChI is InChI=1S/C15H15FO4S/c1-10-5-4-6-14(11(10)2)20-21(17,18)12-7-8-13(16)15(9-12)19-3/h4-9H,1-3H3. The molecule has 2 aromatic carbocycles. The molecule has 6 heteroatoms. The van der Waals surface area contributed by atoms with E-state index in [0.717, 1.165) is 29.3 Å². The van der Waals surface area contributed by atoms with Gasteiger partial charge in [-0.05, 0) is 43.2 Å². The van der Waals surface area contributed by atoms with E-state index in [1.807, 2.05) is 13.0 Å². The van der Waals surface area contributed by atoms with E-state index in [0.29, 0.717) is 0 Å². The van der Waals surface area contributed by atoms with Crippen molar-refractivity contribution < 1.29 is 21.7 Å². The predicted octanol–water partition coefficient (Wildman–Crippen LogP) is 3.22. The molecule has 0 aromatic heterocycles. The normalized spacial score (nSPS) is 11.2. The van der Waals surface area contributed by atoms with Crippen molar-refractivity contribution in [1.82, 2.24) is 0 Å². The number of aryl methyl sites for hydroxylation is 1. The van der Waals surface area contributed by atoms with E-state index in [9.17, 15) is 12.8 Å². The first-order valence-corrected chi connectivity index (χ1v) is 7.60. The smallest absolute Gasteiger partial charge is 0.339 e. The maximum absolute atomic E-state index is 13.3. The zero-order chi connectivity index (χ0) is 15.6. The van der Waals surface area contributed by atoms with Gasteiger partial charge in [-0.15, -0.1) is 0 Å². The number of halogens is 1. The molecular formula is C15H15FO4S. The molecule has 0 aliphatic heterocycles. The van der Waals surface area contributed by atoms with E-state index in [-0.39, 0.29) is 16.4 Å². The van der Waals surface area contributed by atoms with Crippen LogP contribution in [-0.2, 0) is 10.1 Å². The Labute approximate surface area is 123 Å². The van der Waals surface area contributed by atoms with Gasteiger partial charge < -0.3 is 8.92 Å². The lowest BCUT2D eigenvalue weighted by Gasteiger charge is -2.11. The van der Waals surface area contributed by atoms with Crippen LogP contribution in [0.25, 0.3) is 0 Å². The number of rotatable bonds is 4. The lowest BCUT2D eigenvalue weighted by molar-refractivity contribution is 0.384. The Morgan fingerprint density at radius 2 is 1.76 bits per heavy atom. The minimum absolute atomic E-state index is 0.152. The van der Waals surface area contributed by atoms with Crippen molar-refractivity contribution in [2.75, 3.05) is 7.11 Å². The molecule has 0 amide bonds. The van der Waals surface area contributed by atoms with Crippen molar-refractivity contribution in [2.45, 2.75) is 18.7 Å². The SMILES string of the molecule is COc1cc(S(=O)(=O)Oc2cccc(C)c2C)ccc1F. The summed E-state index contributed by atoms with van der Waals surface area (Å²) in [6, 6.07) is 8.39. The molecule has 0 heterocycles. The number of ether oxygens (including phenoxy) is 1. The molecule has 0 bridgehead atoms. The molecule has 2 aromatic rings. The van der Waals surface area contributed by atoms with Crippen LogP contribution in [0.1, 0.15) is 11.1 Å². The highest BCUT2D eigenvalue weighted by atomic mass is 32.2. The first-order valence-electron chi connectivity index (χ1n) is 6.19. The van der Waals surface area contributed by atoms with Crippen molar-refractivity contribution in [1.29, 1.82) is 0 Å². The van der Waals surface area contributed by atoms with Gasteiger partial charge in [0.2, 0.25) is 0 Å². The molecule has 0 N–H and O–H groups in total. The van der Waals surface area contributed by atoms with Crippen molar-refractivity contribution in [3.05, 3.63) is 53.3 Å². The van der Waals surface area contributed by atoms with Gasteiger partial charge in [0.05, 0.1) is 7.11 Å². The topological polar surface area (TPSA) is 52.6 Å². The Balaban J connectivity index is 2.41. The van der Waals surface area contributed by atoms with Crippen LogP contribution in [0.15, 0.2) is 41.3 Å². The lowest BCUT2D eigenvalue weighted by Crippen LogP contribution is -2.11. The second kappa shape index (κ2) is 5.73. The highest BCUT2D eigenvalue weighted by Crippen LogP contribution is 2.27. The molecular weight excluding hydrogens is 295 g/mol. The first-order chi connectivity index (χ1) is 9.85. The zero-order valence-corrected chi connectivity index (χ0v) is 12.7. The second-order valence-electron chi connectivity index (χ2n) is 4.53. The Bertz CT molecular complexity index is 769. The van der Waals surface area contributed by atoms with Crippen molar-refractivity contribution in [2.24, 2.45) is 0 Å². The molecule has 0 saturated heterocycles. The average molecular weight is 310 g/mol. The molecule has 0 unspecified atom stereocenters. The van der Waals surface area contributed by atoms with Gasteiger partial charge in [-0.1, -0.05) is 12.1 Å². The molecule has 0 aliphatic rings. The van der Waals surface area contributed by atoms with Gasteiger partial charge in [-0.2, -0.15) is 8.42 Å². The van der Waals surface area contributed by atoms with Crippen molar-refractivity contribution >= 4 is 10.1 Å². The lowest BCUT2D eigenvalue weighted by atomic mass is 10.1. The molecule has 0 atom stereocenters. The Morgan fingerprint density at radius 3 is 2.43 bits per heavy atom. The maximum Gasteiger partial charge on any atom is 0.339 e. The Kier molecular flexibility index (Phi) is 4.18. The van der Waals surface area contributed by atoms with E-state index < -0.39 is 15.9 Å². The fraction of sp³-hybridized carbons (Fsp3) is 0.200. The summed E-state index contributed by atoms with van der Waals surface area (Å²) in [4.78, 5) is -0.165. The van der Waals surface area contributed by atoms with Crippen LogP contribution < -0.4 is 8.92 Å². The minimum Gasteiger partial charge on any atom is -0.494 e. The maximum atomic E-state index is 13.3. The van der Waals surface area contributed by atoms with E-state index in [1.54, 1.807) is 19.1 Å². The third-order valence-electron chi connectivity index (χ3n) is 3.17. The highest BCUT2D eigenvalue weighted by molar-refractivity contribution is 7.87. The van der Waals surface area contributed by atoms with Crippen LogP contribution in [-0.4, -0.2) is 15.5 Å². The van der Waals surface area contributed by atoms with Crippen molar-refractivity contribution in [3.8, 4) is 11.5 Å². The summed E-state index contributed by atoms with van der Waals surface area (Å²) in [6.45, 7) is 3.63. The van der Waals surface area contributed by atoms with Crippen LogP contribution in [0.2, 0.25) is 0 Å². The fourth-order valence-electron chi connectivity index (χ4n) is 1.78. The van der Waals surface area contributed by atoms with Gasteiger partial charge in [0.15, 0.2) is 11.6 Å². The zero-order valence-electron chi connectivity index (χ0n) is 11.9. The van der Waals surface area contributed by atoms with Gasteiger partial charge in [-0.25, -0.2) is 4.39 Å². The second-order valence-corrected chi connectivity index (χ2v) is 6.08. The van der Waals surface area contributed by atoms with Crippen molar-refractivity contribution in [3.63, 3.8) is 0 Å². The van der Waals surface area contributed by atoms with Crippen LogP contribution in [0.4, 0.5) is 4.39 Å². The first kappa shape index (κ1) is 15.3. The van der Waals surface area contributed by atoms with Crippen LogP contribution in [0, 0.1) is 19.7 Å². The largest absolute Gasteiger partial charge is 0.494 e. The molecule has 112 valence electrons. The summed E-state index contributed by atoms with van der Waals surface area (Å²) in [7, 11) is -2.78. The summed E-state index contributed by atoms with van der Waals surface area (Å²) >= 11 is 0. The van der Waals surface area contributed by atoms with E-state index in [4.69, 9.17) is 8.92 Å². The fourth-order valence-corrected chi connectivity index (χ4v) is 2.78. The van der Waals surface area contributed by atoms with Gasteiger partial charge in [0, 0.05) is 6.07 Å². The Hall–Kier alpha value is -2.08. The quantitative estimate of drug-likeness (QED) is 0.814. The van der Waals surface area contributed by atoms with Crippen LogP contribution in [0.3, 0.4) is 0 Å². The summed E-state index contributed by atoms with van der Waals surface area (Å²) < 4.78 is 47.7. The van der Waals surface area contributed by atoms with E-state index in [1.165, 1.54) is 7.11 Å². The van der Waals surface area contributed by atoms with Gasteiger partial charge in [0.1, 0.15) is 10.6 Å². The molecule has 0 fully saturated rings. The van der Waals surface area contributed by atoms with Gasteiger partial charge in [-0.3, -0.25) is 0 Å². The molecule has 21 heavy (non-hydrogen) atoms. The van der Waals surface area contributed by atoms with E-state index >= 15 is 0 Å². The monoisotopic (exact) mass is 310 g/mol. The summed E-state index contributed by atoms with van der Waals surface area (Å²) in [6.07, 6.45) is 0. The van der Waals surface area contributed by atoms with Gasteiger partial charge in [0.25, 0.3) is 0 Å². The summed E-state index contributed by atoms with van der Waals surface area (Å²) in [5.41, 5.74) is 1.65. The molecule has 0 aliphatic carbocycles. The number of hydrogen-bond donors (Lipinski definition) is 0. The number of benzene rings is 2. The number of hydrogen-bond acceptors (Lipinski definition) is 4. The minimum atomic E-state index is -4.05. The summed E-state index contributed by atoms with van der Waals surface area (Å²) in [5.74, 6) is -0.540. The molecule has 0 spiro atoms. The Morgan fingerprint density at radius 1 is 1.05 bits per heavy atom. The third-order valence-corrected chi connectivity index (χ3v) is 4.40. The summed E-state index contributed by atoms with van der Waals surface area (Å²) in [5, 5.41) is 0. The molecule has 4 nitrogen and oxygen atoms in total. The molecule has 2 rings (SSSR count). The predicted molar refractivity (Wildman–Crippen MR) is 76.7 cm³/mol. The van der Waals surface area contributed by atoms with Crippen LogP contribution in [0.5, 0.6) is 11.5 Å². The number of methoxy groups -OCH3 is 1. The molecule has 0 saturated carbocycles. The molecule has 0 radical (unpaired) electrons.